The van der Waals surface area contributed by atoms with E-state index < -0.39 is 0 Å². The van der Waals surface area contributed by atoms with Crippen LogP contribution >= 0.6 is 0 Å². The van der Waals surface area contributed by atoms with Crippen LogP contribution < -0.4 is 10.1 Å². The third-order valence-electron chi connectivity index (χ3n) is 3.26. The van der Waals surface area contributed by atoms with Gasteiger partial charge >= 0.3 is 0 Å². The lowest BCUT2D eigenvalue weighted by molar-refractivity contribution is 0.303. The van der Waals surface area contributed by atoms with Gasteiger partial charge in [0.1, 0.15) is 5.75 Å². The highest BCUT2D eigenvalue weighted by Crippen LogP contribution is 2.28. The van der Waals surface area contributed by atoms with Crippen molar-refractivity contribution in [1.82, 2.24) is 5.32 Å². The molecule has 0 aliphatic heterocycles. The molecule has 0 heterocycles. The number of benzene rings is 1. The van der Waals surface area contributed by atoms with Crippen LogP contribution in [0, 0.1) is 0 Å². The minimum Gasteiger partial charge on any atom is -0.490 e. The Labute approximate surface area is 116 Å². The molecule has 0 aromatic heterocycles. The quantitative estimate of drug-likeness (QED) is 0.747. The molecule has 2 nitrogen and oxygen atoms in total. The highest BCUT2D eigenvalue weighted by Gasteiger charge is 2.23. The summed E-state index contributed by atoms with van der Waals surface area (Å²) in [7, 11) is 0. The standard InChI is InChI=1S/C17H25NO/c1-13(2)18-11-5-6-14(3)15-7-4-8-17(12-15)19-16-9-10-16/h4,6-8,12-13,16,18H,5,9-11H2,1-3H3/b14-6-. The lowest BCUT2D eigenvalue weighted by Crippen LogP contribution is -2.23. The molecule has 1 fully saturated rings. The summed E-state index contributed by atoms with van der Waals surface area (Å²) in [5.41, 5.74) is 2.59. The van der Waals surface area contributed by atoms with Crippen LogP contribution in [-0.2, 0) is 0 Å². The van der Waals surface area contributed by atoms with Crippen molar-refractivity contribution in [1.29, 1.82) is 0 Å². The summed E-state index contributed by atoms with van der Waals surface area (Å²) in [5.74, 6) is 1.01. The first-order chi connectivity index (χ1) is 9.15. The summed E-state index contributed by atoms with van der Waals surface area (Å²) < 4.78 is 5.83. The summed E-state index contributed by atoms with van der Waals surface area (Å²) >= 11 is 0. The predicted molar refractivity (Wildman–Crippen MR) is 81.5 cm³/mol. The molecule has 1 aliphatic rings. The molecule has 19 heavy (non-hydrogen) atoms. The Kier molecular flexibility index (Phi) is 5.03. The molecule has 1 aliphatic carbocycles. The topological polar surface area (TPSA) is 21.3 Å². The maximum Gasteiger partial charge on any atom is 0.120 e. The fraction of sp³-hybridized carbons (Fsp3) is 0.529. The van der Waals surface area contributed by atoms with Crippen LogP contribution in [0.15, 0.2) is 30.3 Å². The second-order valence-electron chi connectivity index (χ2n) is 5.63. The lowest BCUT2D eigenvalue weighted by atomic mass is 10.1. The van der Waals surface area contributed by atoms with Crippen molar-refractivity contribution in [3.05, 3.63) is 35.9 Å². The van der Waals surface area contributed by atoms with Gasteiger partial charge in [-0.05, 0) is 56.0 Å². The second kappa shape index (κ2) is 6.76. The van der Waals surface area contributed by atoms with Gasteiger partial charge < -0.3 is 10.1 Å². The Bertz CT molecular complexity index is 433. The molecule has 2 heteroatoms. The molecule has 2 rings (SSSR count). The Morgan fingerprint density at radius 2 is 2.21 bits per heavy atom. The fourth-order valence-electron chi connectivity index (χ4n) is 1.97. The zero-order valence-electron chi connectivity index (χ0n) is 12.3. The van der Waals surface area contributed by atoms with Gasteiger partial charge in [-0.3, -0.25) is 0 Å². The molecule has 1 N–H and O–H groups in total. The maximum atomic E-state index is 5.83. The average Bonchev–Trinajstić information content (AvgIpc) is 3.18. The molecule has 0 amide bonds. The van der Waals surface area contributed by atoms with E-state index in [1.807, 2.05) is 0 Å². The summed E-state index contributed by atoms with van der Waals surface area (Å²) in [6.07, 6.45) is 6.25. The van der Waals surface area contributed by atoms with Gasteiger partial charge in [0.2, 0.25) is 0 Å². The van der Waals surface area contributed by atoms with E-state index in [2.05, 4.69) is 56.4 Å². The first kappa shape index (κ1) is 14.1. The average molecular weight is 259 g/mol. The van der Waals surface area contributed by atoms with Gasteiger partial charge in [-0.2, -0.15) is 0 Å². The molecule has 0 spiro atoms. The highest BCUT2D eigenvalue weighted by molar-refractivity contribution is 5.64. The fourth-order valence-corrected chi connectivity index (χ4v) is 1.97. The number of hydrogen-bond acceptors (Lipinski definition) is 2. The minimum absolute atomic E-state index is 0.467. The van der Waals surface area contributed by atoms with Crippen molar-refractivity contribution in [2.45, 2.75) is 52.2 Å². The van der Waals surface area contributed by atoms with Crippen molar-refractivity contribution in [2.24, 2.45) is 0 Å². The van der Waals surface area contributed by atoms with Crippen molar-refractivity contribution >= 4 is 5.57 Å². The van der Waals surface area contributed by atoms with E-state index in [4.69, 9.17) is 4.74 Å². The molecule has 0 unspecified atom stereocenters. The molecule has 1 aromatic carbocycles. The van der Waals surface area contributed by atoms with Gasteiger partial charge in [-0.25, -0.2) is 0 Å². The molecule has 0 radical (unpaired) electrons. The van der Waals surface area contributed by atoms with Gasteiger partial charge in [0.25, 0.3) is 0 Å². The summed E-state index contributed by atoms with van der Waals surface area (Å²) in [6.45, 7) is 7.56. The Morgan fingerprint density at radius 1 is 1.42 bits per heavy atom. The smallest absolute Gasteiger partial charge is 0.120 e. The van der Waals surface area contributed by atoms with E-state index in [9.17, 15) is 0 Å². The van der Waals surface area contributed by atoms with Gasteiger partial charge in [0, 0.05) is 6.04 Å². The highest BCUT2D eigenvalue weighted by atomic mass is 16.5. The minimum atomic E-state index is 0.467. The zero-order chi connectivity index (χ0) is 13.7. The summed E-state index contributed by atoms with van der Waals surface area (Å²) in [6, 6.07) is 9.00. The van der Waals surface area contributed by atoms with Crippen LogP contribution in [0.4, 0.5) is 0 Å². The van der Waals surface area contributed by atoms with E-state index in [-0.39, 0.29) is 0 Å². The Morgan fingerprint density at radius 3 is 2.89 bits per heavy atom. The molecule has 0 atom stereocenters. The molecule has 0 bridgehead atoms. The molecular weight excluding hydrogens is 234 g/mol. The van der Waals surface area contributed by atoms with Gasteiger partial charge in [0.15, 0.2) is 0 Å². The van der Waals surface area contributed by atoms with Gasteiger partial charge in [-0.15, -0.1) is 0 Å². The van der Waals surface area contributed by atoms with Crippen LogP contribution in [-0.4, -0.2) is 18.7 Å². The number of nitrogens with one attached hydrogen (secondary N) is 1. The van der Waals surface area contributed by atoms with E-state index in [1.54, 1.807) is 0 Å². The van der Waals surface area contributed by atoms with Gasteiger partial charge in [0.05, 0.1) is 6.10 Å². The van der Waals surface area contributed by atoms with Crippen LogP contribution in [0.1, 0.15) is 45.6 Å². The van der Waals surface area contributed by atoms with E-state index in [0.717, 1.165) is 18.7 Å². The first-order valence-electron chi connectivity index (χ1n) is 7.32. The molecular formula is C17H25NO. The predicted octanol–water partition coefficient (Wildman–Crippen LogP) is 4.02. The maximum absolute atomic E-state index is 5.83. The number of ether oxygens (including phenoxy) is 1. The van der Waals surface area contributed by atoms with Crippen LogP contribution in [0.3, 0.4) is 0 Å². The van der Waals surface area contributed by atoms with E-state index >= 15 is 0 Å². The number of allylic oxidation sites excluding steroid dienone is 1. The first-order valence-corrected chi connectivity index (χ1v) is 7.32. The van der Waals surface area contributed by atoms with Gasteiger partial charge in [-0.1, -0.05) is 32.1 Å². The summed E-state index contributed by atoms with van der Waals surface area (Å²) in [5, 5.41) is 3.43. The number of rotatable bonds is 7. The summed E-state index contributed by atoms with van der Waals surface area (Å²) in [4.78, 5) is 0. The monoisotopic (exact) mass is 259 g/mol. The molecule has 1 aromatic rings. The zero-order valence-corrected chi connectivity index (χ0v) is 12.3. The van der Waals surface area contributed by atoms with Crippen molar-refractivity contribution < 1.29 is 4.74 Å². The van der Waals surface area contributed by atoms with Crippen molar-refractivity contribution in [3.8, 4) is 5.75 Å². The van der Waals surface area contributed by atoms with Crippen LogP contribution in [0.25, 0.3) is 5.57 Å². The Hall–Kier alpha value is -1.28. The van der Waals surface area contributed by atoms with Crippen molar-refractivity contribution in [2.75, 3.05) is 6.54 Å². The third-order valence-corrected chi connectivity index (χ3v) is 3.26. The molecule has 0 saturated heterocycles. The van der Waals surface area contributed by atoms with Crippen LogP contribution in [0.2, 0.25) is 0 Å². The third kappa shape index (κ3) is 5.07. The van der Waals surface area contributed by atoms with E-state index in [1.165, 1.54) is 24.0 Å². The largest absolute Gasteiger partial charge is 0.490 e. The number of hydrogen-bond donors (Lipinski definition) is 1. The van der Waals surface area contributed by atoms with Crippen LogP contribution in [0.5, 0.6) is 5.75 Å². The Balaban J connectivity index is 1.89. The SMILES string of the molecule is C/C(=C/CCNC(C)C)c1cccc(OC2CC2)c1. The second-order valence-corrected chi connectivity index (χ2v) is 5.63. The molecule has 1 saturated carbocycles. The normalized spacial score (nSPS) is 15.9. The lowest BCUT2D eigenvalue weighted by Gasteiger charge is -2.08. The van der Waals surface area contributed by atoms with Crippen molar-refractivity contribution in [3.63, 3.8) is 0 Å². The van der Waals surface area contributed by atoms with E-state index in [0.29, 0.717) is 12.1 Å². The molecule has 104 valence electrons.